The molecule has 1 fully saturated rings. The van der Waals surface area contributed by atoms with Crippen LogP contribution in [0, 0.1) is 0 Å². The summed E-state index contributed by atoms with van der Waals surface area (Å²) in [6.45, 7) is 2.14. The fourth-order valence-corrected chi connectivity index (χ4v) is 2.74. The highest BCUT2D eigenvalue weighted by Crippen LogP contribution is 2.37. The van der Waals surface area contributed by atoms with E-state index >= 15 is 0 Å². The predicted molar refractivity (Wildman–Crippen MR) is 61.0 cm³/mol. The standard InChI is InChI=1S/C8H19BNO4P/c1-3-15(11,12)10-6-4-8(9)14-7(6)5-13-2/h6-8H,3-5,9H2,1-2H3,(H2,10,11,12)/t6?,7-,8-/m1/s1. The van der Waals surface area contributed by atoms with E-state index in [0.29, 0.717) is 6.61 Å². The fraction of sp³-hybridized carbons (Fsp3) is 1.00. The zero-order chi connectivity index (χ0) is 11.5. The number of rotatable bonds is 5. The minimum absolute atomic E-state index is 0.0873. The van der Waals surface area contributed by atoms with Crippen LogP contribution in [-0.2, 0) is 14.0 Å². The van der Waals surface area contributed by atoms with Crippen LogP contribution in [0.5, 0.6) is 0 Å². The maximum absolute atomic E-state index is 11.5. The first-order chi connectivity index (χ1) is 6.98. The Balaban J connectivity index is 2.55. The summed E-state index contributed by atoms with van der Waals surface area (Å²) in [4.78, 5) is 9.50. The molecule has 2 N–H and O–H groups in total. The summed E-state index contributed by atoms with van der Waals surface area (Å²) in [5, 5.41) is 2.78. The van der Waals surface area contributed by atoms with Gasteiger partial charge in [0.1, 0.15) is 7.85 Å². The molecule has 0 aromatic heterocycles. The van der Waals surface area contributed by atoms with Gasteiger partial charge in [-0.1, -0.05) is 6.92 Å². The lowest BCUT2D eigenvalue weighted by Gasteiger charge is -2.21. The highest BCUT2D eigenvalue weighted by atomic mass is 31.2. The molecule has 0 aromatic carbocycles. The van der Waals surface area contributed by atoms with Crippen LogP contribution in [0.2, 0.25) is 0 Å². The third-order valence-electron chi connectivity index (χ3n) is 2.57. The predicted octanol–water partition coefficient (Wildman–Crippen LogP) is -0.456. The maximum atomic E-state index is 11.5. The molecule has 0 radical (unpaired) electrons. The van der Waals surface area contributed by atoms with Gasteiger partial charge in [-0.25, -0.2) is 5.09 Å². The molecule has 0 bridgehead atoms. The van der Waals surface area contributed by atoms with Crippen LogP contribution in [0.25, 0.3) is 0 Å². The minimum Gasteiger partial charge on any atom is -0.382 e. The summed E-state index contributed by atoms with van der Waals surface area (Å²) < 4.78 is 22.1. The molecule has 4 atom stereocenters. The van der Waals surface area contributed by atoms with Gasteiger partial charge in [0.15, 0.2) is 0 Å². The highest BCUT2D eigenvalue weighted by Gasteiger charge is 2.35. The molecule has 5 nitrogen and oxygen atoms in total. The van der Waals surface area contributed by atoms with Crippen LogP contribution < -0.4 is 5.09 Å². The summed E-state index contributed by atoms with van der Waals surface area (Å²) in [6, 6.07) is 0.0234. The smallest absolute Gasteiger partial charge is 0.267 e. The van der Waals surface area contributed by atoms with E-state index in [-0.39, 0.29) is 24.3 Å². The minimum atomic E-state index is -3.20. The van der Waals surface area contributed by atoms with E-state index in [1.54, 1.807) is 14.0 Å². The second-order valence-corrected chi connectivity index (χ2v) is 6.22. The van der Waals surface area contributed by atoms with Crippen molar-refractivity contribution in [2.75, 3.05) is 19.9 Å². The number of hydrogen-bond acceptors (Lipinski definition) is 3. The number of ether oxygens (including phenoxy) is 2. The van der Waals surface area contributed by atoms with Crippen molar-refractivity contribution in [2.24, 2.45) is 0 Å². The number of nitrogens with one attached hydrogen (secondary N) is 1. The molecule has 0 aromatic rings. The number of hydrogen-bond donors (Lipinski definition) is 2. The SMILES string of the molecule is B[C@H]1CC(NP(=O)(O)CC)[C@@H](COC)O1. The average molecular weight is 235 g/mol. The van der Waals surface area contributed by atoms with Crippen molar-refractivity contribution in [3.05, 3.63) is 0 Å². The molecule has 7 heteroatoms. The first-order valence-corrected chi connectivity index (χ1v) is 7.07. The summed E-state index contributed by atoms with van der Waals surface area (Å²) in [6.07, 6.45) is 0.855. The first kappa shape index (κ1) is 13.2. The molecule has 15 heavy (non-hydrogen) atoms. The summed E-state index contributed by atoms with van der Waals surface area (Å²) >= 11 is 0. The quantitative estimate of drug-likeness (QED) is 0.498. The summed E-state index contributed by atoms with van der Waals surface area (Å²) in [5.41, 5.74) is 0. The lowest BCUT2D eigenvalue weighted by Crippen LogP contribution is -2.37. The molecule has 0 saturated carbocycles. The van der Waals surface area contributed by atoms with Gasteiger partial charge in [-0.3, -0.25) is 4.57 Å². The molecule has 2 unspecified atom stereocenters. The molecule has 1 aliphatic rings. The van der Waals surface area contributed by atoms with Gasteiger partial charge in [-0.05, 0) is 6.42 Å². The molecule has 0 amide bonds. The van der Waals surface area contributed by atoms with Crippen LogP contribution in [0.1, 0.15) is 13.3 Å². The van der Waals surface area contributed by atoms with E-state index in [1.807, 2.05) is 7.85 Å². The van der Waals surface area contributed by atoms with E-state index < -0.39 is 7.52 Å². The van der Waals surface area contributed by atoms with Gasteiger partial charge in [0, 0.05) is 25.3 Å². The average Bonchev–Trinajstić information content (AvgIpc) is 2.47. The van der Waals surface area contributed by atoms with Gasteiger partial charge in [0.05, 0.1) is 12.7 Å². The highest BCUT2D eigenvalue weighted by molar-refractivity contribution is 7.55. The van der Waals surface area contributed by atoms with E-state index in [1.165, 1.54) is 0 Å². The van der Waals surface area contributed by atoms with Crippen LogP contribution in [0.15, 0.2) is 0 Å². The molecular formula is C8H19BNO4P. The summed E-state index contributed by atoms with van der Waals surface area (Å²) in [7, 11) is 0.360. The lowest BCUT2D eigenvalue weighted by atomic mass is 9.95. The van der Waals surface area contributed by atoms with Crippen LogP contribution in [0.4, 0.5) is 0 Å². The fourth-order valence-electron chi connectivity index (χ4n) is 1.76. The largest absolute Gasteiger partial charge is 0.382 e. The first-order valence-electron chi connectivity index (χ1n) is 5.22. The maximum Gasteiger partial charge on any atom is 0.267 e. The number of methoxy groups -OCH3 is 1. The monoisotopic (exact) mass is 235 g/mol. The van der Waals surface area contributed by atoms with Gasteiger partial charge in [0.25, 0.3) is 7.52 Å². The van der Waals surface area contributed by atoms with Gasteiger partial charge in [0.2, 0.25) is 0 Å². The molecule has 1 heterocycles. The van der Waals surface area contributed by atoms with E-state index in [0.717, 1.165) is 6.42 Å². The van der Waals surface area contributed by atoms with E-state index in [2.05, 4.69) is 5.09 Å². The Hall–Kier alpha value is 0.135. The molecule has 0 spiro atoms. The molecule has 1 saturated heterocycles. The molecular weight excluding hydrogens is 216 g/mol. The zero-order valence-electron chi connectivity index (χ0n) is 9.47. The Bertz CT molecular complexity index is 253. The van der Waals surface area contributed by atoms with Crippen molar-refractivity contribution in [1.82, 2.24) is 5.09 Å². The lowest BCUT2D eigenvalue weighted by molar-refractivity contribution is 0.0181. The third kappa shape index (κ3) is 3.89. The van der Waals surface area contributed by atoms with Crippen molar-refractivity contribution >= 4 is 15.4 Å². The van der Waals surface area contributed by atoms with Gasteiger partial charge >= 0.3 is 0 Å². The molecule has 88 valence electrons. The van der Waals surface area contributed by atoms with Gasteiger partial charge < -0.3 is 14.4 Å². The van der Waals surface area contributed by atoms with E-state index in [4.69, 9.17) is 9.47 Å². The topological polar surface area (TPSA) is 67.8 Å². The van der Waals surface area contributed by atoms with Gasteiger partial charge in [-0.15, -0.1) is 0 Å². The molecule has 1 rings (SSSR count). The zero-order valence-corrected chi connectivity index (χ0v) is 10.4. The Kier molecular flexibility index (Phi) is 4.80. The third-order valence-corrected chi connectivity index (χ3v) is 4.16. The van der Waals surface area contributed by atoms with E-state index in [9.17, 15) is 9.46 Å². The Morgan fingerprint density at radius 3 is 2.93 bits per heavy atom. The normalized spacial score (nSPS) is 35.3. The Morgan fingerprint density at radius 1 is 1.73 bits per heavy atom. The Labute approximate surface area is 91.4 Å². The Morgan fingerprint density at radius 2 is 2.40 bits per heavy atom. The van der Waals surface area contributed by atoms with Crippen LogP contribution in [-0.4, -0.2) is 50.8 Å². The van der Waals surface area contributed by atoms with Gasteiger partial charge in [-0.2, -0.15) is 0 Å². The van der Waals surface area contributed by atoms with Crippen molar-refractivity contribution in [2.45, 2.75) is 31.5 Å². The van der Waals surface area contributed by atoms with Crippen LogP contribution >= 0.6 is 7.52 Å². The van der Waals surface area contributed by atoms with Crippen molar-refractivity contribution in [3.63, 3.8) is 0 Å². The van der Waals surface area contributed by atoms with Crippen LogP contribution in [0.3, 0.4) is 0 Å². The second kappa shape index (κ2) is 5.46. The van der Waals surface area contributed by atoms with Crippen molar-refractivity contribution in [1.29, 1.82) is 0 Å². The van der Waals surface area contributed by atoms with Crippen molar-refractivity contribution < 1.29 is 18.9 Å². The molecule has 0 aliphatic carbocycles. The second-order valence-electron chi connectivity index (χ2n) is 3.93. The summed E-state index contributed by atoms with van der Waals surface area (Å²) in [5.74, 6) is 0. The molecule has 1 aliphatic heterocycles. The van der Waals surface area contributed by atoms with Crippen molar-refractivity contribution in [3.8, 4) is 0 Å².